The van der Waals surface area contributed by atoms with E-state index in [1.807, 2.05) is 49.4 Å². The molecule has 0 fully saturated rings. The number of phenolic OH excluding ortho intramolecular Hbond substituents is 1. The van der Waals surface area contributed by atoms with Crippen molar-refractivity contribution in [3.8, 4) is 23.0 Å². The summed E-state index contributed by atoms with van der Waals surface area (Å²) in [6.07, 6.45) is 1.61. The molecule has 5 heteroatoms. The standard InChI is InChI=1S/C26H20N2O3/c1-2-30-24-9-5-8-20(25(24)29)16-27-21-12-13-23-22(15-21)28-26(31-23)19-11-10-17-6-3-4-7-18(17)14-19/h3-16,29H,2H2,1H3. The van der Waals surface area contributed by atoms with E-state index in [4.69, 9.17) is 9.15 Å². The zero-order valence-corrected chi connectivity index (χ0v) is 16.9. The average Bonchev–Trinajstić information content (AvgIpc) is 3.23. The van der Waals surface area contributed by atoms with Crippen LogP contribution in [-0.2, 0) is 0 Å². The molecule has 152 valence electrons. The first-order valence-corrected chi connectivity index (χ1v) is 10.1. The Hall–Kier alpha value is -4.12. The van der Waals surface area contributed by atoms with Gasteiger partial charge in [-0.25, -0.2) is 4.98 Å². The van der Waals surface area contributed by atoms with Crippen LogP contribution in [0.5, 0.6) is 11.5 Å². The number of rotatable bonds is 5. The Morgan fingerprint density at radius 2 is 1.84 bits per heavy atom. The van der Waals surface area contributed by atoms with E-state index >= 15 is 0 Å². The molecule has 0 saturated carbocycles. The third-order valence-electron chi connectivity index (χ3n) is 5.05. The second-order valence-corrected chi connectivity index (χ2v) is 7.12. The van der Waals surface area contributed by atoms with Crippen molar-refractivity contribution in [2.24, 2.45) is 4.99 Å². The van der Waals surface area contributed by atoms with Gasteiger partial charge in [-0.1, -0.05) is 36.4 Å². The molecule has 0 aliphatic heterocycles. The number of aromatic nitrogens is 1. The summed E-state index contributed by atoms with van der Waals surface area (Å²) in [6, 6.07) is 25.3. The summed E-state index contributed by atoms with van der Waals surface area (Å²) in [5.74, 6) is 1.09. The molecule has 4 aromatic carbocycles. The van der Waals surface area contributed by atoms with Crippen molar-refractivity contribution in [1.29, 1.82) is 0 Å². The second kappa shape index (κ2) is 7.95. The molecule has 0 bridgehead atoms. The van der Waals surface area contributed by atoms with Crippen LogP contribution in [0.1, 0.15) is 12.5 Å². The molecule has 0 saturated heterocycles. The Kier molecular flexibility index (Phi) is 4.84. The predicted molar refractivity (Wildman–Crippen MR) is 123 cm³/mol. The molecule has 0 amide bonds. The highest BCUT2D eigenvalue weighted by atomic mass is 16.5. The molecule has 0 aliphatic rings. The molecular weight excluding hydrogens is 388 g/mol. The van der Waals surface area contributed by atoms with E-state index in [1.165, 1.54) is 5.39 Å². The van der Waals surface area contributed by atoms with Crippen molar-refractivity contribution in [1.82, 2.24) is 4.98 Å². The van der Waals surface area contributed by atoms with Gasteiger partial charge in [0.2, 0.25) is 5.89 Å². The lowest BCUT2D eigenvalue weighted by atomic mass is 10.1. The van der Waals surface area contributed by atoms with Crippen LogP contribution in [-0.4, -0.2) is 22.9 Å². The molecule has 31 heavy (non-hydrogen) atoms. The van der Waals surface area contributed by atoms with Crippen molar-refractivity contribution in [2.75, 3.05) is 6.61 Å². The highest BCUT2D eigenvalue weighted by Gasteiger charge is 2.10. The Morgan fingerprint density at radius 3 is 2.71 bits per heavy atom. The quantitative estimate of drug-likeness (QED) is 0.337. The van der Waals surface area contributed by atoms with Gasteiger partial charge in [0.25, 0.3) is 0 Å². The van der Waals surface area contributed by atoms with Crippen LogP contribution in [0.15, 0.2) is 88.3 Å². The van der Waals surface area contributed by atoms with Gasteiger partial charge in [0.05, 0.1) is 12.3 Å². The molecule has 0 atom stereocenters. The molecule has 0 spiro atoms. The van der Waals surface area contributed by atoms with Crippen LogP contribution in [0.2, 0.25) is 0 Å². The summed E-state index contributed by atoms with van der Waals surface area (Å²) in [4.78, 5) is 9.14. The number of hydrogen-bond acceptors (Lipinski definition) is 5. The van der Waals surface area contributed by atoms with Crippen LogP contribution in [0.25, 0.3) is 33.3 Å². The van der Waals surface area contributed by atoms with Crippen LogP contribution in [0.4, 0.5) is 5.69 Å². The maximum Gasteiger partial charge on any atom is 0.227 e. The first-order valence-electron chi connectivity index (χ1n) is 10.1. The van der Waals surface area contributed by atoms with Gasteiger partial charge in [-0.2, -0.15) is 0 Å². The topological polar surface area (TPSA) is 67.9 Å². The zero-order valence-electron chi connectivity index (χ0n) is 16.9. The molecule has 0 aliphatic carbocycles. The number of phenols is 1. The fraction of sp³-hybridized carbons (Fsp3) is 0.0769. The first-order chi connectivity index (χ1) is 15.2. The second-order valence-electron chi connectivity index (χ2n) is 7.12. The minimum Gasteiger partial charge on any atom is -0.504 e. The van der Waals surface area contributed by atoms with E-state index in [1.54, 1.807) is 18.3 Å². The van der Waals surface area contributed by atoms with Crippen molar-refractivity contribution in [3.63, 3.8) is 0 Å². The van der Waals surface area contributed by atoms with Gasteiger partial charge in [0.15, 0.2) is 17.1 Å². The van der Waals surface area contributed by atoms with Gasteiger partial charge in [0, 0.05) is 17.3 Å². The molecule has 1 aromatic heterocycles. The summed E-state index contributed by atoms with van der Waals surface area (Å²) in [6.45, 7) is 2.36. The lowest BCUT2D eigenvalue weighted by Crippen LogP contribution is -1.93. The number of hydrogen-bond donors (Lipinski definition) is 1. The smallest absolute Gasteiger partial charge is 0.227 e. The van der Waals surface area contributed by atoms with E-state index in [9.17, 15) is 5.11 Å². The highest BCUT2D eigenvalue weighted by molar-refractivity contribution is 5.89. The maximum absolute atomic E-state index is 10.3. The van der Waals surface area contributed by atoms with Crippen LogP contribution in [0.3, 0.4) is 0 Å². The van der Waals surface area contributed by atoms with E-state index in [2.05, 4.69) is 34.2 Å². The number of para-hydroxylation sites is 1. The Labute approximate surface area is 179 Å². The molecule has 0 radical (unpaired) electrons. The van der Waals surface area contributed by atoms with Gasteiger partial charge in [-0.05, 0) is 60.2 Å². The zero-order chi connectivity index (χ0) is 21.2. The minimum absolute atomic E-state index is 0.0780. The van der Waals surface area contributed by atoms with Gasteiger partial charge in [-0.15, -0.1) is 0 Å². The third-order valence-corrected chi connectivity index (χ3v) is 5.05. The van der Waals surface area contributed by atoms with Gasteiger partial charge in [0.1, 0.15) is 5.52 Å². The molecule has 5 rings (SSSR count). The lowest BCUT2D eigenvalue weighted by Gasteiger charge is -2.07. The third kappa shape index (κ3) is 3.73. The van der Waals surface area contributed by atoms with Crippen molar-refractivity contribution < 1.29 is 14.3 Å². The van der Waals surface area contributed by atoms with Gasteiger partial charge >= 0.3 is 0 Å². The number of ether oxygens (including phenoxy) is 1. The highest BCUT2D eigenvalue weighted by Crippen LogP contribution is 2.31. The van der Waals surface area contributed by atoms with E-state index in [0.717, 1.165) is 16.5 Å². The summed E-state index contributed by atoms with van der Waals surface area (Å²) >= 11 is 0. The Bertz CT molecular complexity index is 1420. The molecule has 5 aromatic rings. The summed E-state index contributed by atoms with van der Waals surface area (Å²) in [5.41, 5.74) is 3.65. The van der Waals surface area contributed by atoms with Crippen molar-refractivity contribution in [3.05, 3.63) is 84.4 Å². The number of oxazole rings is 1. The van der Waals surface area contributed by atoms with Crippen molar-refractivity contribution >= 4 is 33.8 Å². The van der Waals surface area contributed by atoms with Crippen molar-refractivity contribution in [2.45, 2.75) is 6.92 Å². The number of aliphatic imine (C=N–C) groups is 1. The Balaban J connectivity index is 1.45. The number of benzene rings is 4. The summed E-state index contributed by atoms with van der Waals surface area (Å²) < 4.78 is 11.4. The predicted octanol–water partition coefficient (Wildman–Crippen LogP) is 6.50. The first kappa shape index (κ1) is 18.9. The largest absolute Gasteiger partial charge is 0.504 e. The molecular formula is C26H20N2O3. The summed E-state index contributed by atoms with van der Waals surface area (Å²) in [5, 5.41) is 12.6. The molecule has 1 N–H and O–H groups in total. The summed E-state index contributed by atoms with van der Waals surface area (Å²) in [7, 11) is 0. The van der Waals surface area contributed by atoms with Gasteiger partial charge in [-0.3, -0.25) is 4.99 Å². The number of aromatic hydroxyl groups is 1. The number of fused-ring (bicyclic) bond motifs is 2. The lowest BCUT2D eigenvalue weighted by molar-refractivity contribution is 0.318. The van der Waals surface area contributed by atoms with E-state index < -0.39 is 0 Å². The van der Waals surface area contributed by atoms with Crippen LogP contribution in [0, 0.1) is 0 Å². The van der Waals surface area contributed by atoms with Crippen LogP contribution >= 0.6 is 0 Å². The minimum atomic E-state index is 0.0780. The van der Waals surface area contributed by atoms with Gasteiger partial charge < -0.3 is 14.3 Å². The average molecular weight is 408 g/mol. The molecule has 5 nitrogen and oxygen atoms in total. The van der Waals surface area contributed by atoms with E-state index in [0.29, 0.717) is 35.1 Å². The van der Waals surface area contributed by atoms with E-state index in [-0.39, 0.29) is 5.75 Å². The fourth-order valence-electron chi connectivity index (χ4n) is 3.50. The Morgan fingerprint density at radius 1 is 0.968 bits per heavy atom. The SMILES string of the molecule is CCOc1cccc(C=Nc2ccc3oc(-c4ccc5ccccc5c4)nc3c2)c1O. The normalized spacial score (nSPS) is 11.5. The fourth-order valence-corrected chi connectivity index (χ4v) is 3.50. The molecule has 0 unspecified atom stereocenters. The monoisotopic (exact) mass is 408 g/mol. The maximum atomic E-state index is 10.3. The van der Waals surface area contributed by atoms with Crippen LogP contribution < -0.4 is 4.74 Å². The number of nitrogens with zero attached hydrogens (tertiary/aromatic N) is 2. The molecule has 1 heterocycles.